The summed E-state index contributed by atoms with van der Waals surface area (Å²) >= 11 is 0. The van der Waals surface area contributed by atoms with Crippen LogP contribution in [0.15, 0.2) is 52.6 Å². The third-order valence-corrected chi connectivity index (χ3v) is 3.78. The van der Waals surface area contributed by atoms with E-state index in [1.807, 2.05) is 13.0 Å². The number of aliphatic imine (C=N–C) groups is 1. The highest BCUT2D eigenvalue weighted by Crippen LogP contribution is 2.37. The molecule has 0 saturated heterocycles. The number of ether oxygens (including phenoxy) is 1. The third-order valence-electron chi connectivity index (χ3n) is 3.78. The molecular formula is C15H16F3N3O. The lowest BCUT2D eigenvalue weighted by molar-refractivity contribution is -0.205. The molecule has 0 aromatic carbocycles. The normalized spacial score (nSPS) is 26.1. The number of nitrogens with zero attached hydrogens (tertiary/aromatic N) is 3. The molecule has 0 amide bonds. The van der Waals surface area contributed by atoms with Crippen LogP contribution in [0.2, 0.25) is 0 Å². The highest BCUT2D eigenvalue weighted by molar-refractivity contribution is 5.73. The van der Waals surface area contributed by atoms with E-state index < -0.39 is 18.3 Å². The van der Waals surface area contributed by atoms with Crippen LogP contribution in [0, 0.1) is 0 Å². The lowest BCUT2D eigenvalue weighted by Crippen LogP contribution is -2.52. The number of hydrogen-bond donors (Lipinski definition) is 0. The summed E-state index contributed by atoms with van der Waals surface area (Å²) in [5, 5.41) is 2.74. The fourth-order valence-electron chi connectivity index (χ4n) is 2.70. The van der Waals surface area contributed by atoms with Crippen LogP contribution in [-0.2, 0) is 4.74 Å². The second-order valence-electron chi connectivity index (χ2n) is 5.42. The van der Waals surface area contributed by atoms with E-state index in [-0.39, 0.29) is 6.61 Å². The van der Waals surface area contributed by atoms with Crippen LogP contribution in [0.5, 0.6) is 0 Å². The molecule has 7 heteroatoms. The van der Waals surface area contributed by atoms with Crippen molar-refractivity contribution < 1.29 is 17.9 Å². The minimum Gasteiger partial charge on any atom is -0.496 e. The zero-order valence-electron chi connectivity index (χ0n) is 12.2. The Bertz CT molecular complexity index is 616. The molecule has 0 aliphatic carbocycles. The van der Waals surface area contributed by atoms with Crippen LogP contribution in [0.1, 0.15) is 13.8 Å². The van der Waals surface area contributed by atoms with Crippen LogP contribution in [0.3, 0.4) is 0 Å². The SMILES string of the molecule is CC1=COCC(C2C=C3N=CC=CN3N2C(C)C(F)(F)F)=C1. The quantitative estimate of drug-likeness (QED) is 0.784. The van der Waals surface area contributed by atoms with Crippen molar-refractivity contribution in [2.75, 3.05) is 6.61 Å². The van der Waals surface area contributed by atoms with Crippen molar-refractivity contribution in [3.05, 3.63) is 47.7 Å². The Morgan fingerprint density at radius 2 is 2.18 bits per heavy atom. The van der Waals surface area contributed by atoms with Gasteiger partial charge in [-0.2, -0.15) is 18.2 Å². The minimum atomic E-state index is -4.34. The van der Waals surface area contributed by atoms with Crippen molar-refractivity contribution in [1.29, 1.82) is 0 Å². The van der Waals surface area contributed by atoms with Gasteiger partial charge in [-0.25, -0.2) is 4.99 Å². The van der Waals surface area contributed by atoms with Gasteiger partial charge in [0.05, 0.1) is 12.3 Å². The zero-order valence-corrected chi connectivity index (χ0v) is 12.2. The van der Waals surface area contributed by atoms with Crippen molar-refractivity contribution in [1.82, 2.24) is 10.0 Å². The van der Waals surface area contributed by atoms with E-state index in [1.54, 1.807) is 30.8 Å². The van der Waals surface area contributed by atoms with Gasteiger partial charge < -0.3 is 4.74 Å². The van der Waals surface area contributed by atoms with Crippen LogP contribution in [0.25, 0.3) is 0 Å². The minimum absolute atomic E-state index is 0.272. The number of alkyl halides is 3. The first-order valence-corrected chi connectivity index (χ1v) is 6.93. The molecule has 118 valence electrons. The average Bonchev–Trinajstić information content (AvgIpc) is 2.84. The standard InChI is InChI=1S/C15H16F3N3O/c1-10-6-12(9-22-8-10)13-7-14-19-4-3-5-20(14)21(13)11(2)15(16,17)18/h3-8,11,13H,9H2,1-2H3. The Kier molecular flexibility index (Phi) is 3.60. The van der Waals surface area contributed by atoms with Crippen molar-refractivity contribution in [2.45, 2.75) is 32.1 Å². The molecule has 3 aliphatic rings. The Hall–Kier alpha value is -2.02. The van der Waals surface area contributed by atoms with Crippen LogP contribution in [-0.4, -0.2) is 41.1 Å². The van der Waals surface area contributed by atoms with E-state index in [0.717, 1.165) is 18.1 Å². The van der Waals surface area contributed by atoms with Crippen molar-refractivity contribution in [2.24, 2.45) is 4.99 Å². The molecule has 0 radical (unpaired) electrons. The molecule has 0 saturated carbocycles. The fraction of sp³-hybridized carbons (Fsp3) is 0.400. The summed E-state index contributed by atoms with van der Waals surface area (Å²) in [7, 11) is 0. The van der Waals surface area contributed by atoms with E-state index in [4.69, 9.17) is 4.74 Å². The molecule has 3 rings (SSSR count). The summed E-state index contributed by atoms with van der Waals surface area (Å²) in [5.74, 6) is 0.497. The molecule has 0 N–H and O–H groups in total. The number of rotatable bonds is 2. The van der Waals surface area contributed by atoms with Gasteiger partial charge in [0.25, 0.3) is 0 Å². The molecule has 4 nitrogen and oxygen atoms in total. The van der Waals surface area contributed by atoms with E-state index in [0.29, 0.717) is 5.82 Å². The largest absolute Gasteiger partial charge is 0.496 e. The number of halogens is 3. The van der Waals surface area contributed by atoms with E-state index in [9.17, 15) is 13.2 Å². The van der Waals surface area contributed by atoms with Crippen LogP contribution < -0.4 is 0 Å². The molecule has 3 heterocycles. The van der Waals surface area contributed by atoms with Gasteiger partial charge in [-0.3, -0.25) is 5.01 Å². The number of hydrogen-bond acceptors (Lipinski definition) is 4. The first kappa shape index (κ1) is 14.9. The van der Waals surface area contributed by atoms with E-state index in [1.165, 1.54) is 10.0 Å². The molecule has 2 unspecified atom stereocenters. The molecule has 0 aromatic rings. The first-order chi connectivity index (χ1) is 10.4. The summed E-state index contributed by atoms with van der Waals surface area (Å²) in [6.07, 6.45) is 5.65. The van der Waals surface area contributed by atoms with Gasteiger partial charge in [-0.15, -0.1) is 0 Å². The van der Waals surface area contributed by atoms with Gasteiger partial charge in [-0.05, 0) is 37.1 Å². The highest BCUT2D eigenvalue weighted by atomic mass is 19.4. The van der Waals surface area contributed by atoms with Crippen LogP contribution >= 0.6 is 0 Å². The van der Waals surface area contributed by atoms with Gasteiger partial charge in [0.15, 0.2) is 0 Å². The Labute approximate surface area is 126 Å². The lowest BCUT2D eigenvalue weighted by Gasteiger charge is -2.39. The van der Waals surface area contributed by atoms with Gasteiger partial charge in [0.2, 0.25) is 0 Å². The van der Waals surface area contributed by atoms with Crippen molar-refractivity contribution in [3.8, 4) is 0 Å². The predicted molar refractivity (Wildman–Crippen MR) is 76.5 cm³/mol. The molecule has 0 aromatic heterocycles. The lowest BCUT2D eigenvalue weighted by atomic mass is 10.0. The van der Waals surface area contributed by atoms with Gasteiger partial charge in [-0.1, -0.05) is 6.08 Å². The summed E-state index contributed by atoms with van der Waals surface area (Å²) < 4.78 is 45.1. The summed E-state index contributed by atoms with van der Waals surface area (Å²) in [6, 6.07) is -2.17. The van der Waals surface area contributed by atoms with Gasteiger partial charge >= 0.3 is 6.18 Å². The maximum absolute atomic E-state index is 13.3. The highest BCUT2D eigenvalue weighted by Gasteiger charge is 2.48. The molecule has 0 fully saturated rings. The molecule has 3 aliphatic heterocycles. The maximum Gasteiger partial charge on any atom is 0.405 e. The first-order valence-electron chi connectivity index (χ1n) is 6.93. The molecule has 0 bridgehead atoms. The third kappa shape index (κ3) is 2.56. The summed E-state index contributed by atoms with van der Waals surface area (Å²) in [4.78, 5) is 4.15. The average molecular weight is 311 g/mol. The van der Waals surface area contributed by atoms with Gasteiger partial charge in [0, 0.05) is 12.4 Å². The van der Waals surface area contributed by atoms with E-state index >= 15 is 0 Å². The predicted octanol–water partition coefficient (Wildman–Crippen LogP) is 3.14. The Morgan fingerprint density at radius 1 is 1.41 bits per heavy atom. The Balaban J connectivity index is 1.99. The number of hydrazine groups is 1. The molecular weight excluding hydrogens is 295 g/mol. The molecule has 22 heavy (non-hydrogen) atoms. The second kappa shape index (κ2) is 5.31. The van der Waals surface area contributed by atoms with Gasteiger partial charge in [0.1, 0.15) is 18.5 Å². The Morgan fingerprint density at radius 3 is 2.86 bits per heavy atom. The van der Waals surface area contributed by atoms with Crippen molar-refractivity contribution in [3.63, 3.8) is 0 Å². The smallest absolute Gasteiger partial charge is 0.405 e. The van der Waals surface area contributed by atoms with Crippen LogP contribution in [0.4, 0.5) is 13.2 Å². The van der Waals surface area contributed by atoms with Crippen molar-refractivity contribution >= 4 is 6.21 Å². The number of fused-ring (bicyclic) bond motifs is 1. The van der Waals surface area contributed by atoms with E-state index in [2.05, 4.69) is 4.99 Å². The maximum atomic E-state index is 13.3. The second-order valence-corrected chi connectivity index (χ2v) is 5.42. The summed E-state index contributed by atoms with van der Waals surface area (Å²) in [6.45, 7) is 3.28. The molecule has 2 atom stereocenters. The summed E-state index contributed by atoms with van der Waals surface area (Å²) in [5.41, 5.74) is 1.66. The molecule has 0 spiro atoms. The topological polar surface area (TPSA) is 28.1 Å². The monoisotopic (exact) mass is 311 g/mol. The number of allylic oxidation sites excluding steroid dienone is 3. The fourth-order valence-corrected chi connectivity index (χ4v) is 2.70. The zero-order chi connectivity index (χ0) is 15.9.